The predicted molar refractivity (Wildman–Crippen MR) is 227 cm³/mol. The van der Waals surface area contributed by atoms with Crippen LogP contribution in [0.15, 0.2) is 48.6 Å². The smallest absolute Gasteiger partial charge is 0.404 e. The summed E-state index contributed by atoms with van der Waals surface area (Å²) in [4.78, 5) is 12.9. The van der Waals surface area contributed by atoms with Gasteiger partial charge in [-0.2, -0.15) is 0 Å². The van der Waals surface area contributed by atoms with Crippen molar-refractivity contribution in [2.45, 2.75) is 164 Å². The van der Waals surface area contributed by atoms with Crippen LogP contribution >= 0.6 is 7.82 Å². The minimum atomic E-state index is -4.10. The molecule has 2 N–H and O–H groups in total. The minimum Gasteiger partial charge on any atom is -0.404 e. The van der Waals surface area contributed by atoms with Crippen LogP contribution in [0.1, 0.15) is 144 Å². The second kappa shape index (κ2) is 17.1. The van der Waals surface area contributed by atoms with Crippen molar-refractivity contribution < 1.29 is 22.9 Å². The van der Waals surface area contributed by atoms with Crippen molar-refractivity contribution >= 4 is 24.8 Å². The van der Waals surface area contributed by atoms with Crippen molar-refractivity contribution in [2.75, 3.05) is 5.73 Å². The van der Waals surface area contributed by atoms with Crippen molar-refractivity contribution in [3.8, 4) is 5.75 Å². The number of phosphoric acid groups is 1. The van der Waals surface area contributed by atoms with E-state index in [9.17, 15) is 4.57 Å². The SMILES string of the molecule is CC.Cc1ccc(OP(=O)(OC2C[C@H](n3cnc4c(N)ncnc43)O[C@@H]2C)O[C@H]2CC[C@@]3(C)C(=CCC4C5CCC(C(C)CCCC(C)C)[C@@]5(C)CCC43)C2)cc1. The zero-order chi connectivity index (χ0) is 40.7. The maximum atomic E-state index is 14.9. The topological polar surface area (TPSA) is 124 Å². The monoisotopic (exact) mass is 804 g/mol. The molecule has 0 spiro atoms. The summed E-state index contributed by atoms with van der Waals surface area (Å²) in [6, 6.07) is 7.54. The van der Waals surface area contributed by atoms with E-state index < -0.39 is 20.2 Å². The molecule has 4 fully saturated rings. The highest BCUT2D eigenvalue weighted by Crippen LogP contribution is 2.68. The summed E-state index contributed by atoms with van der Waals surface area (Å²) in [6.07, 6.45) is 17.7. The number of aromatic nitrogens is 4. The number of phosphoric ester groups is 1. The van der Waals surface area contributed by atoms with Crippen molar-refractivity contribution in [3.63, 3.8) is 0 Å². The van der Waals surface area contributed by atoms with Crippen LogP contribution < -0.4 is 10.3 Å². The van der Waals surface area contributed by atoms with E-state index in [0.717, 1.165) is 60.8 Å². The van der Waals surface area contributed by atoms with E-state index in [-0.39, 0.29) is 17.6 Å². The lowest BCUT2D eigenvalue weighted by atomic mass is 9.47. The van der Waals surface area contributed by atoms with Crippen LogP contribution in [-0.2, 0) is 18.3 Å². The molecule has 0 amide bonds. The van der Waals surface area contributed by atoms with Gasteiger partial charge in [0.15, 0.2) is 11.5 Å². The Labute approximate surface area is 342 Å². The normalized spacial score (nSPS) is 35.0. The van der Waals surface area contributed by atoms with E-state index in [1.54, 1.807) is 6.33 Å². The third kappa shape index (κ3) is 8.36. The summed E-state index contributed by atoms with van der Waals surface area (Å²) in [6.45, 7) is 20.4. The van der Waals surface area contributed by atoms with E-state index in [2.05, 4.69) is 55.6 Å². The van der Waals surface area contributed by atoms with E-state index in [0.29, 0.717) is 40.5 Å². The summed E-state index contributed by atoms with van der Waals surface area (Å²) in [5.74, 6) is 5.49. The Morgan fingerprint density at radius 2 is 1.75 bits per heavy atom. The molecule has 8 rings (SSSR count). The van der Waals surface area contributed by atoms with Gasteiger partial charge in [-0.1, -0.05) is 97.1 Å². The lowest BCUT2D eigenvalue weighted by Crippen LogP contribution is -2.51. The van der Waals surface area contributed by atoms with Crippen LogP contribution in [0.2, 0.25) is 0 Å². The van der Waals surface area contributed by atoms with E-state index in [1.165, 1.54) is 56.8 Å². The number of hydrogen-bond donors (Lipinski definition) is 1. The number of aryl methyl sites for hydroxylation is 1. The molecule has 0 radical (unpaired) electrons. The fourth-order valence-electron chi connectivity index (χ4n) is 12.1. The molecule has 314 valence electrons. The number of hydrogen-bond acceptors (Lipinski definition) is 9. The van der Waals surface area contributed by atoms with E-state index >= 15 is 0 Å². The van der Waals surface area contributed by atoms with Crippen molar-refractivity contribution in [3.05, 3.63) is 54.1 Å². The number of nitrogen functional groups attached to an aromatic ring is 1. The highest BCUT2D eigenvalue weighted by Gasteiger charge is 2.59. The van der Waals surface area contributed by atoms with Gasteiger partial charge in [-0.05, 0) is 124 Å². The maximum Gasteiger partial charge on any atom is 0.530 e. The van der Waals surface area contributed by atoms with Gasteiger partial charge in [0.25, 0.3) is 0 Å². The Balaban J connectivity index is 0.00000244. The van der Waals surface area contributed by atoms with Crippen LogP contribution in [0.3, 0.4) is 0 Å². The molecule has 5 aliphatic rings. The van der Waals surface area contributed by atoms with Crippen LogP contribution in [-0.4, -0.2) is 37.8 Å². The fourth-order valence-corrected chi connectivity index (χ4v) is 13.7. The quantitative estimate of drug-likeness (QED) is 0.141. The molecule has 4 aliphatic carbocycles. The Morgan fingerprint density at radius 1 is 0.982 bits per heavy atom. The number of allylic oxidation sites excluding steroid dienone is 1. The Hall–Kier alpha value is -2.78. The highest BCUT2D eigenvalue weighted by atomic mass is 31.2. The third-order valence-corrected chi connectivity index (χ3v) is 16.6. The van der Waals surface area contributed by atoms with Gasteiger partial charge in [-0.25, -0.2) is 19.5 Å². The predicted octanol–water partition coefficient (Wildman–Crippen LogP) is 12.0. The second-order valence-electron chi connectivity index (χ2n) is 18.9. The number of nitrogens with two attached hydrogens (primary N) is 1. The maximum absolute atomic E-state index is 14.9. The molecule has 7 unspecified atom stereocenters. The third-order valence-electron chi connectivity index (χ3n) is 15.1. The number of rotatable bonds is 12. The van der Waals surface area contributed by atoms with Crippen LogP contribution in [0, 0.1) is 53.3 Å². The number of fused-ring (bicyclic) bond motifs is 6. The first-order chi connectivity index (χ1) is 27.3. The lowest BCUT2D eigenvalue weighted by Gasteiger charge is -2.58. The lowest BCUT2D eigenvalue weighted by molar-refractivity contribution is -0.0581. The van der Waals surface area contributed by atoms with Crippen molar-refractivity contribution in [1.29, 1.82) is 0 Å². The average molecular weight is 804 g/mol. The molecule has 57 heavy (non-hydrogen) atoms. The molecule has 1 aromatic carbocycles. The first-order valence-corrected chi connectivity index (χ1v) is 23.7. The van der Waals surface area contributed by atoms with Crippen LogP contribution in [0.5, 0.6) is 5.75 Å². The number of anilines is 1. The number of ether oxygens (including phenoxy) is 1. The summed E-state index contributed by atoms with van der Waals surface area (Å²) in [5.41, 5.74) is 10.3. The Kier molecular flexibility index (Phi) is 12.7. The molecule has 11 heteroatoms. The molecule has 10 nitrogen and oxygen atoms in total. The summed E-state index contributed by atoms with van der Waals surface area (Å²) < 4.78 is 42.4. The Morgan fingerprint density at radius 3 is 2.51 bits per heavy atom. The summed E-state index contributed by atoms with van der Waals surface area (Å²) >= 11 is 0. The fraction of sp³-hybridized carbons (Fsp3) is 0.717. The standard InChI is InChI=1S/C44H64N5O5P.C2H6/c1-27(2)9-8-10-29(4)35-17-18-36-34-16-13-31-23-33(19-21-43(31,6)37(34)20-22-44(35,36)7)53-55(50,52-32-14-11-28(3)12-15-32)54-38-24-39(51-30(38)5)49-26-48-40-41(45)46-25-47-42(40)49;1-2/h11-15,25-27,29-30,33-39H,8-10,16-24H2,1-7H3,(H2,45,46,47);1-2H3/t29?,30-,33+,34?,35?,36?,37?,38?,39-,43+,44-,55?;/m1./s1. The van der Waals surface area contributed by atoms with Gasteiger partial charge in [0.2, 0.25) is 0 Å². The molecule has 3 aromatic rings. The molecule has 1 saturated heterocycles. The zero-order valence-corrected chi connectivity index (χ0v) is 37.0. The van der Waals surface area contributed by atoms with Gasteiger partial charge >= 0.3 is 7.82 Å². The molecular formula is C46H70N5O5P. The van der Waals surface area contributed by atoms with Crippen LogP contribution in [0.4, 0.5) is 5.82 Å². The summed E-state index contributed by atoms with van der Waals surface area (Å²) in [5, 5.41) is 0. The first-order valence-electron chi connectivity index (χ1n) is 22.3. The second-order valence-corrected chi connectivity index (χ2v) is 20.4. The molecule has 2 aromatic heterocycles. The highest BCUT2D eigenvalue weighted by molar-refractivity contribution is 7.49. The largest absolute Gasteiger partial charge is 0.530 e. The Bertz CT molecular complexity index is 1920. The minimum absolute atomic E-state index is 0.148. The number of imidazole rings is 1. The van der Waals surface area contributed by atoms with Gasteiger partial charge in [-0.3, -0.25) is 13.6 Å². The molecule has 3 heterocycles. The molecule has 12 atom stereocenters. The number of benzene rings is 1. The molecule has 1 aliphatic heterocycles. The first kappa shape index (κ1) is 42.3. The van der Waals surface area contributed by atoms with Crippen molar-refractivity contribution in [2.24, 2.45) is 46.3 Å². The summed E-state index contributed by atoms with van der Waals surface area (Å²) in [7, 11) is -4.10. The number of nitrogens with zero attached hydrogens (tertiary/aromatic N) is 4. The molecule has 0 bridgehead atoms. The van der Waals surface area contributed by atoms with Crippen molar-refractivity contribution in [1.82, 2.24) is 19.5 Å². The average Bonchev–Trinajstić information content (AvgIpc) is 3.88. The van der Waals surface area contributed by atoms with Gasteiger partial charge < -0.3 is 15.0 Å². The van der Waals surface area contributed by atoms with Gasteiger partial charge in [0.05, 0.1) is 18.5 Å². The molecule has 3 saturated carbocycles. The zero-order valence-electron chi connectivity index (χ0n) is 36.2. The van der Waals surface area contributed by atoms with E-state index in [4.69, 9.17) is 24.0 Å². The van der Waals surface area contributed by atoms with E-state index in [1.807, 2.05) is 56.5 Å². The van der Waals surface area contributed by atoms with Gasteiger partial charge in [0, 0.05) is 6.42 Å². The van der Waals surface area contributed by atoms with Gasteiger partial charge in [0.1, 0.15) is 29.9 Å². The van der Waals surface area contributed by atoms with Crippen LogP contribution in [0.25, 0.3) is 11.2 Å². The molecular weight excluding hydrogens is 734 g/mol. The van der Waals surface area contributed by atoms with Gasteiger partial charge in [-0.15, -0.1) is 0 Å².